The molecule has 2 N–H and O–H groups in total. The maximum atomic E-state index is 13.3. The second kappa shape index (κ2) is 10.6. The Hall–Kier alpha value is -3.18. The van der Waals surface area contributed by atoms with Gasteiger partial charge in [-0.2, -0.15) is 0 Å². The number of nitrogens with zero attached hydrogens (tertiary/aromatic N) is 2. The third-order valence-electron chi connectivity index (χ3n) is 6.46. The molecule has 1 aliphatic rings. The number of hydrogen-bond donors (Lipinski definition) is 2. The van der Waals surface area contributed by atoms with Crippen LogP contribution in [-0.4, -0.2) is 30.5 Å². The lowest BCUT2D eigenvalue weighted by atomic mass is 9.98. The predicted molar refractivity (Wildman–Crippen MR) is 136 cm³/mol. The lowest BCUT2D eigenvalue weighted by Gasteiger charge is -2.22. The van der Waals surface area contributed by atoms with Crippen LogP contribution < -0.4 is 15.5 Å². The highest BCUT2D eigenvalue weighted by Gasteiger charge is 2.22. The first kappa shape index (κ1) is 23.0. The molecule has 0 spiro atoms. The minimum atomic E-state index is -0.458. The van der Waals surface area contributed by atoms with Crippen molar-refractivity contribution in [2.45, 2.75) is 39.2 Å². The van der Waals surface area contributed by atoms with E-state index in [1.54, 1.807) is 0 Å². The number of aromatic nitrogens is 1. The molecule has 172 valence electrons. The average molecular weight is 443 g/mol. The van der Waals surface area contributed by atoms with Gasteiger partial charge in [-0.3, -0.25) is 4.79 Å². The summed E-state index contributed by atoms with van der Waals surface area (Å²) in [5, 5.41) is 6.49. The van der Waals surface area contributed by atoms with Crippen molar-refractivity contribution in [3.05, 3.63) is 89.6 Å². The van der Waals surface area contributed by atoms with Crippen molar-refractivity contribution in [1.82, 2.24) is 10.3 Å². The molecule has 2 aromatic carbocycles. The lowest BCUT2D eigenvalue weighted by molar-refractivity contribution is -0.118. The number of rotatable bonds is 8. The van der Waals surface area contributed by atoms with E-state index in [-0.39, 0.29) is 11.8 Å². The quantitative estimate of drug-likeness (QED) is 0.496. The Labute approximate surface area is 197 Å². The minimum absolute atomic E-state index is 0.104. The summed E-state index contributed by atoms with van der Waals surface area (Å²) in [6.45, 7) is 9.36. The SMILES string of the molecule is Cc1ccc([C@@H](C)CN[C@@H](C(=O)Nc2ccc(N3CC[C@H](C)C3)cn2)c2ccccc2)cc1. The fourth-order valence-electron chi connectivity index (χ4n) is 4.33. The summed E-state index contributed by atoms with van der Waals surface area (Å²) >= 11 is 0. The van der Waals surface area contributed by atoms with Crippen LogP contribution in [0.1, 0.15) is 48.9 Å². The van der Waals surface area contributed by atoms with Gasteiger partial charge in [-0.1, -0.05) is 74.0 Å². The van der Waals surface area contributed by atoms with Crippen molar-refractivity contribution in [1.29, 1.82) is 0 Å². The Bertz CT molecular complexity index is 1030. The Balaban J connectivity index is 1.43. The van der Waals surface area contributed by atoms with E-state index in [0.717, 1.165) is 24.3 Å². The van der Waals surface area contributed by atoms with Crippen LogP contribution in [0.5, 0.6) is 0 Å². The van der Waals surface area contributed by atoms with Crippen molar-refractivity contribution >= 4 is 17.4 Å². The maximum Gasteiger partial charge on any atom is 0.247 e. The molecule has 5 nitrogen and oxygen atoms in total. The second-order valence-electron chi connectivity index (χ2n) is 9.29. The van der Waals surface area contributed by atoms with Gasteiger partial charge in [-0.15, -0.1) is 0 Å². The molecular weight excluding hydrogens is 408 g/mol. The zero-order chi connectivity index (χ0) is 23.2. The van der Waals surface area contributed by atoms with Crippen LogP contribution in [-0.2, 0) is 4.79 Å². The van der Waals surface area contributed by atoms with Gasteiger partial charge in [-0.25, -0.2) is 4.98 Å². The number of nitrogens with one attached hydrogen (secondary N) is 2. The van der Waals surface area contributed by atoms with Gasteiger partial charge in [-0.05, 0) is 48.4 Å². The number of benzene rings is 2. The molecule has 1 fully saturated rings. The molecule has 0 aliphatic carbocycles. The molecule has 5 heteroatoms. The number of anilines is 2. The highest BCUT2D eigenvalue weighted by molar-refractivity contribution is 5.94. The van der Waals surface area contributed by atoms with Crippen LogP contribution in [0.3, 0.4) is 0 Å². The molecule has 0 radical (unpaired) electrons. The summed E-state index contributed by atoms with van der Waals surface area (Å²) < 4.78 is 0. The van der Waals surface area contributed by atoms with Crippen LogP contribution in [0.2, 0.25) is 0 Å². The summed E-state index contributed by atoms with van der Waals surface area (Å²) in [6.07, 6.45) is 3.07. The highest BCUT2D eigenvalue weighted by atomic mass is 16.2. The maximum absolute atomic E-state index is 13.3. The second-order valence-corrected chi connectivity index (χ2v) is 9.29. The van der Waals surface area contributed by atoms with Gasteiger partial charge in [0, 0.05) is 19.6 Å². The van der Waals surface area contributed by atoms with Crippen molar-refractivity contribution in [3.8, 4) is 0 Å². The summed E-state index contributed by atoms with van der Waals surface area (Å²) in [6, 6.07) is 21.9. The first-order chi connectivity index (χ1) is 16.0. The van der Waals surface area contributed by atoms with Crippen LogP contribution in [0.4, 0.5) is 11.5 Å². The predicted octanol–water partition coefficient (Wildman–Crippen LogP) is 5.31. The Morgan fingerprint density at radius 1 is 1.06 bits per heavy atom. The van der Waals surface area contributed by atoms with Gasteiger partial charge >= 0.3 is 0 Å². The molecule has 0 bridgehead atoms. The third-order valence-corrected chi connectivity index (χ3v) is 6.46. The van der Waals surface area contributed by atoms with Crippen molar-refractivity contribution < 1.29 is 4.79 Å². The smallest absolute Gasteiger partial charge is 0.247 e. The minimum Gasteiger partial charge on any atom is -0.370 e. The van der Waals surface area contributed by atoms with Gasteiger partial charge in [0.15, 0.2) is 0 Å². The Morgan fingerprint density at radius 2 is 1.82 bits per heavy atom. The van der Waals surface area contributed by atoms with Crippen molar-refractivity contribution in [3.63, 3.8) is 0 Å². The monoisotopic (exact) mass is 442 g/mol. The molecule has 2 heterocycles. The molecule has 3 aromatic rings. The largest absolute Gasteiger partial charge is 0.370 e. The Morgan fingerprint density at radius 3 is 2.45 bits per heavy atom. The van der Waals surface area contributed by atoms with E-state index in [1.807, 2.05) is 48.7 Å². The number of carbonyl (C=O) groups is 1. The number of pyridine rings is 1. The zero-order valence-electron chi connectivity index (χ0n) is 19.8. The number of hydrogen-bond acceptors (Lipinski definition) is 4. The number of aryl methyl sites for hydroxylation is 1. The van der Waals surface area contributed by atoms with E-state index in [1.165, 1.54) is 17.5 Å². The molecule has 0 saturated carbocycles. The van der Waals surface area contributed by atoms with Gasteiger partial charge in [0.25, 0.3) is 0 Å². The fraction of sp³-hybridized carbons (Fsp3) is 0.357. The van der Waals surface area contributed by atoms with Gasteiger partial charge in [0.05, 0.1) is 11.9 Å². The van der Waals surface area contributed by atoms with Gasteiger partial charge in [0.1, 0.15) is 11.9 Å². The molecular formula is C28H34N4O. The Kier molecular flexibility index (Phi) is 7.40. The summed E-state index contributed by atoms with van der Waals surface area (Å²) in [5.74, 6) is 1.46. The molecule has 4 rings (SSSR count). The first-order valence-corrected chi connectivity index (χ1v) is 11.9. The summed E-state index contributed by atoms with van der Waals surface area (Å²) in [7, 11) is 0. The van der Waals surface area contributed by atoms with E-state index in [2.05, 4.69) is 65.6 Å². The van der Waals surface area contributed by atoms with E-state index in [9.17, 15) is 4.79 Å². The topological polar surface area (TPSA) is 57.3 Å². The molecule has 33 heavy (non-hydrogen) atoms. The van der Waals surface area contributed by atoms with E-state index >= 15 is 0 Å². The number of amides is 1. The molecule has 0 unspecified atom stereocenters. The van der Waals surface area contributed by atoms with E-state index in [0.29, 0.717) is 18.3 Å². The molecule has 1 aromatic heterocycles. The number of carbonyl (C=O) groups excluding carboxylic acids is 1. The van der Waals surface area contributed by atoms with Crippen LogP contribution >= 0.6 is 0 Å². The molecule has 3 atom stereocenters. The van der Waals surface area contributed by atoms with Crippen LogP contribution in [0.15, 0.2) is 72.9 Å². The van der Waals surface area contributed by atoms with E-state index in [4.69, 9.17) is 0 Å². The normalized spacial score (nSPS) is 17.5. The van der Waals surface area contributed by atoms with Gasteiger partial charge < -0.3 is 15.5 Å². The first-order valence-electron chi connectivity index (χ1n) is 11.9. The van der Waals surface area contributed by atoms with Crippen molar-refractivity contribution in [2.75, 3.05) is 29.9 Å². The molecule has 1 aliphatic heterocycles. The van der Waals surface area contributed by atoms with Crippen LogP contribution in [0, 0.1) is 12.8 Å². The van der Waals surface area contributed by atoms with Gasteiger partial charge in [0.2, 0.25) is 5.91 Å². The fourth-order valence-corrected chi connectivity index (χ4v) is 4.33. The van der Waals surface area contributed by atoms with E-state index < -0.39 is 6.04 Å². The standard InChI is InChI=1S/C28H34N4O/c1-20-9-11-23(12-10-20)22(3)17-30-27(24-7-5-4-6-8-24)28(33)31-26-14-13-25(18-29-26)32-16-15-21(2)19-32/h4-14,18,21-22,27,30H,15-17,19H2,1-3H3,(H,29,31,33)/t21-,22-,27+/m0/s1. The summed E-state index contributed by atoms with van der Waals surface area (Å²) in [4.78, 5) is 20.1. The zero-order valence-corrected chi connectivity index (χ0v) is 19.8. The average Bonchev–Trinajstić information content (AvgIpc) is 3.27. The highest BCUT2D eigenvalue weighted by Crippen LogP contribution is 2.24. The van der Waals surface area contributed by atoms with Crippen LogP contribution in [0.25, 0.3) is 0 Å². The molecule has 1 saturated heterocycles. The lowest BCUT2D eigenvalue weighted by Crippen LogP contribution is -2.35. The summed E-state index contributed by atoms with van der Waals surface area (Å²) in [5.41, 5.74) is 4.56. The third kappa shape index (κ3) is 5.99. The molecule has 1 amide bonds. The van der Waals surface area contributed by atoms with Crippen molar-refractivity contribution in [2.24, 2.45) is 5.92 Å².